The summed E-state index contributed by atoms with van der Waals surface area (Å²) in [5.41, 5.74) is -0.488. The number of nitrogens with zero attached hydrogens (tertiary/aromatic N) is 3. The van der Waals surface area contributed by atoms with Crippen LogP contribution in [0.3, 0.4) is 0 Å². The second-order valence-electron chi connectivity index (χ2n) is 13.1. The van der Waals surface area contributed by atoms with E-state index in [0.29, 0.717) is 24.9 Å². The van der Waals surface area contributed by atoms with Gasteiger partial charge in [0.15, 0.2) is 0 Å². The van der Waals surface area contributed by atoms with Crippen molar-refractivity contribution < 1.29 is 29.0 Å². The third-order valence-electron chi connectivity index (χ3n) is 10.0. The molecule has 0 aromatic heterocycles. The molecule has 2 bridgehead atoms. The van der Waals surface area contributed by atoms with E-state index in [9.17, 15) is 19.5 Å². The van der Waals surface area contributed by atoms with Gasteiger partial charge in [0, 0.05) is 31.0 Å². The molecule has 1 spiro atoms. The molecule has 1 N–H and O–H groups in total. The molecule has 0 aliphatic carbocycles. The molecule has 44 heavy (non-hydrogen) atoms. The Kier molecular flexibility index (Phi) is 10.3. The number of rotatable bonds is 15. The van der Waals surface area contributed by atoms with Gasteiger partial charge >= 0.3 is 5.97 Å². The van der Waals surface area contributed by atoms with Crippen LogP contribution < -0.4 is 9.80 Å². The molecule has 242 valence electrons. The number of carbonyl (C=O) groups is 3. The fourth-order valence-electron chi connectivity index (χ4n) is 7.89. The molecule has 3 aliphatic rings. The Morgan fingerprint density at radius 1 is 1.16 bits per heavy atom. The van der Waals surface area contributed by atoms with Crippen molar-refractivity contribution >= 4 is 29.2 Å². The molecule has 9 heteroatoms. The van der Waals surface area contributed by atoms with Gasteiger partial charge in [-0.25, -0.2) is 0 Å². The molecule has 7 atom stereocenters. The summed E-state index contributed by atoms with van der Waals surface area (Å²) in [7, 11) is 0. The average molecular weight is 610 g/mol. The van der Waals surface area contributed by atoms with Gasteiger partial charge in [-0.1, -0.05) is 32.9 Å². The van der Waals surface area contributed by atoms with Crippen LogP contribution in [0.4, 0.5) is 11.4 Å². The Bertz CT molecular complexity index is 1230. The molecule has 3 unspecified atom stereocenters. The maximum atomic E-state index is 14.9. The van der Waals surface area contributed by atoms with Gasteiger partial charge in [-0.3, -0.25) is 14.4 Å². The number of hydrogen-bond acceptors (Lipinski definition) is 7. The zero-order valence-corrected chi connectivity index (χ0v) is 27.3. The summed E-state index contributed by atoms with van der Waals surface area (Å²) in [5.74, 6) is -2.87. The summed E-state index contributed by atoms with van der Waals surface area (Å²) in [6.45, 7) is 21.5. The van der Waals surface area contributed by atoms with Gasteiger partial charge < -0.3 is 29.3 Å². The minimum Gasteiger partial charge on any atom is -0.465 e. The lowest BCUT2D eigenvalue weighted by Crippen LogP contribution is -2.59. The van der Waals surface area contributed by atoms with Crippen molar-refractivity contribution in [1.82, 2.24) is 4.90 Å². The van der Waals surface area contributed by atoms with E-state index in [1.54, 1.807) is 22.0 Å². The first-order valence-corrected chi connectivity index (χ1v) is 16.1. The predicted molar refractivity (Wildman–Crippen MR) is 172 cm³/mol. The Morgan fingerprint density at radius 2 is 1.80 bits per heavy atom. The van der Waals surface area contributed by atoms with Crippen LogP contribution in [-0.4, -0.2) is 83.9 Å². The van der Waals surface area contributed by atoms with Crippen LogP contribution in [0, 0.1) is 23.7 Å². The number of amides is 2. The third-order valence-corrected chi connectivity index (χ3v) is 10.0. The van der Waals surface area contributed by atoms with Crippen molar-refractivity contribution in [3.63, 3.8) is 0 Å². The summed E-state index contributed by atoms with van der Waals surface area (Å²) in [6.07, 6.45) is 4.77. The summed E-state index contributed by atoms with van der Waals surface area (Å²) >= 11 is 0. The molecule has 1 aromatic rings. The van der Waals surface area contributed by atoms with Crippen LogP contribution in [-0.2, 0) is 23.9 Å². The van der Waals surface area contributed by atoms with Crippen LogP contribution in [0.5, 0.6) is 0 Å². The number of carbonyl (C=O) groups excluding carboxylic acids is 3. The van der Waals surface area contributed by atoms with Crippen LogP contribution in [0.15, 0.2) is 49.6 Å². The first-order chi connectivity index (χ1) is 20.9. The van der Waals surface area contributed by atoms with Crippen LogP contribution in [0.1, 0.15) is 60.8 Å². The highest BCUT2D eigenvalue weighted by molar-refractivity contribution is 6.05. The number of anilines is 2. The first kappa shape index (κ1) is 33.7. The van der Waals surface area contributed by atoms with E-state index in [2.05, 4.69) is 31.9 Å². The molecule has 3 heterocycles. The van der Waals surface area contributed by atoms with Crippen LogP contribution >= 0.6 is 0 Å². The summed E-state index contributed by atoms with van der Waals surface area (Å²) in [5, 5.41) is 10.6. The topological polar surface area (TPSA) is 99.6 Å². The van der Waals surface area contributed by atoms with Gasteiger partial charge in [0.2, 0.25) is 5.91 Å². The lowest BCUT2D eigenvalue weighted by Gasteiger charge is -2.40. The van der Waals surface area contributed by atoms with Crippen LogP contribution in [0.2, 0.25) is 0 Å². The quantitative estimate of drug-likeness (QED) is 0.176. The summed E-state index contributed by atoms with van der Waals surface area (Å²) in [4.78, 5) is 48.6. The van der Waals surface area contributed by atoms with E-state index in [0.717, 1.165) is 18.8 Å². The number of fused-ring (bicyclic) bond motifs is 1. The second kappa shape index (κ2) is 13.4. The van der Waals surface area contributed by atoms with E-state index in [4.69, 9.17) is 9.47 Å². The highest BCUT2D eigenvalue weighted by Gasteiger charge is 2.80. The maximum absolute atomic E-state index is 14.9. The van der Waals surface area contributed by atoms with E-state index < -0.39 is 41.1 Å². The molecule has 3 aliphatic heterocycles. The fraction of sp³-hybridized carbons (Fsp3) is 0.629. The van der Waals surface area contributed by atoms with Gasteiger partial charge in [0.1, 0.15) is 17.6 Å². The van der Waals surface area contributed by atoms with Crippen molar-refractivity contribution in [2.45, 2.75) is 84.1 Å². The smallest absolute Gasteiger partial charge is 0.312 e. The molecule has 4 rings (SSSR count). The average Bonchev–Trinajstić information content (AvgIpc) is 3.51. The molecular weight excluding hydrogens is 558 g/mol. The van der Waals surface area contributed by atoms with Crippen molar-refractivity contribution in [2.75, 3.05) is 42.6 Å². The lowest BCUT2D eigenvalue weighted by molar-refractivity contribution is -0.162. The Balaban J connectivity index is 1.82. The van der Waals surface area contributed by atoms with Crippen molar-refractivity contribution in [1.29, 1.82) is 0 Å². The van der Waals surface area contributed by atoms with E-state index in [1.807, 2.05) is 52.0 Å². The molecule has 1 aromatic carbocycles. The fourth-order valence-corrected chi connectivity index (χ4v) is 7.89. The molecular formula is C35H51N3O6. The van der Waals surface area contributed by atoms with Gasteiger partial charge in [0.25, 0.3) is 5.91 Å². The number of aliphatic hydroxyl groups is 1. The minimum atomic E-state index is -1.24. The van der Waals surface area contributed by atoms with E-state index in [1.165, 1.54) is 0 Å². The molecule has 2 amide bonds. The summed E-state index contributed by atoms with van der Waals surface area (Å²) < 4.78 is 12.5. The molecule has 3 fully saturated rings. The van der Waals surface area contributed by atoms with E-state index >= 15 is 0 Å². The van der Waals surface area contributed by atoms with Gasteiger partial charge in [0.05, 0.1) is 30.8 Å². The molecule has 3 saturated heterocycles. The Morgan fingerprint density at radius 3 is 2.34 bits per heavy atom. The molecule has 9 nitrogen and oxygen atoms in total. The third kappa shape index (κ3) is 5.58. The number of likely N-dealkylation sites (tertiary alicyclic amines) is 1. The number of benzene rings is 1. The van der Waals surface area contributed by atoms with Crippen molar-refractivity contribution in [3.05, 3.63) is 49.6 Å². The molecule has 0 radical (unpaired) electrons. The molecule has 0 saturated carbocycles. The highest BCUT2D eigenvalue weighted by atomic mass is 16.6. The van der Waals surface area contributed by atoms with Crippen molar-refractivity contribution in [3.8, 4) is 0 Å². The zero-order valence-electron chi connectivity index (χ0n) is 27.3. The minimum absolute atomic E-state index is 0.113. The predicted octanol–water partition coefficient (Wildman–Crippen LogP) is 4.59. The maximum Gasteiger partial charge on any atom is 0.312 e. The number of aliphatic hydroxyl groups excluding tert-OH is 1. The summed E-state index contributed by atoms with van der Waals surface area (Å²) in [6, 6.07) is 6.17. The van der Waals surface area contributed by atoms with Gasteiger partial charge in [-0.05, 0) is 76.1 Å². The number of esters is 1. The Hall–Kier alpha value is -3.17. The van der Waals surface area contributed by atoms with Crippen LogP contribution in [0.25, 0.3) is 0 Å². The van der Waals surface area contributed by atoms with Gasteiger partial charge in [-0.15, -0.1) is 13.2 Å². The highest BCUT2D eigenvalue weighted by Crippen LogP contribution is 2.66. The lowest BCUT2D eigenvalue weighted by atomic mass is 9.62. The largest absolute Gasteiger partial charge is 0.465 e. The Labute approximate surface area is 262 Å². The number of hydrogen-bond donors (Lipinski definition) is 1. The van der Waals surface area contributed by atoms with E-state index in [-0.39, 0.29) is 43.4 Å². The van der Waals surface area contributed by atoms with Crippen molar-refractivity contribution in [2.24, 2.45) is 23.7 Å². The monoisotopic (exact) mass is 609 g/mol. The SMILES string of the molecule is C=CCCOC(=O)[C@@H]1[C@H]2C(=O)N([C@@H](CO)CC(C)C)C(C(=O)N(CC=C)c3ccc(N(CC)CC)cc3)C23CC(C)[C@@]1(C)O3. The normalized spacial score (nSPS) is 29.5. The van der Waals surface area contributed by atoms with Gasteiger partial charge in [-0.2, -0.15) is 0 Å². The zero-order chi connectivity index (χ0) is 32.4. The standard InChI is InChI=1S/C35H51N3O6/c1-9-13-19-43-33(42)29-28-31(40)38(27(22-39)20-23(5)6)30(35(28)21-24(7)34(29,8)44-35)32(41)37(18-10-2)26-16-14-25(15-17-26)36(11-3)12-4/h9-10,14-17,23-24,27-30,39H,1-2,11-13,18-22H2,3-8H3/t24?,27-,28+,29+,30?,34-,35?/m1/s1. The number of ether oxygens (including phenoxy) is 2. The second-order valence-corrected chi connectivity index (χ2v) is 13.1. The first-order valence-electron chi connectivity index (χ1n) is 16.1.